The second-order valence-electron chi connectivity index (χ2n) is 6.75. The van der Waals surface area contributed by atoms with Crippen molar-refractivity contribution in [1.29, 1.82) is 0 Å². The summed E-state index contributed by atoms with van der Waals surface area (Å²) in [6.07, 6.45) is 0.790. The Morgan fingerprint density at radius 1 is 0.848 bits per heavy atom. The Labute approximate surface area is 193 Å². The summed E-state index contributed by atoms with van der Waals surface area (Å²) in [7, 11) is 4.50. The fraction of sp³-hybridized carbons (Fsp3) is 0.417. The summed E-state index contributed by atoms with van der Waals surface area (Å²) in [5.74, 6) is 0.460. The molecule has 0 radical (unpaired) electrons. The van der Waals surface area contributed by atoms with Gasteiger partial charge in [-0.05, 0) is 23.8 Å². The zero-order valence-electron chi connectivity index (χ0n) is 19.2. The van der Waals surface area contributed by atoms with Crippen molar-refractivity contribution in [2.24, 2.45) is 0 Å². The molecule has 0 saturated heterocycles. The smallest absolute Gasteiger partial charge is 0.309 e. The minimum Gasteiger partial charge on any atom is -0.469 e. The van der Waals surface area contributed by atoms with Crippen molar-refractivity contribution in [2.75, 3.05) is 61.3 Å². The van der Waals surface area contributed by atoms with Crippen LogP contribution in [-0.2, 0) is 34.9 Å². The van der Waals surface area contributed by atoms with Crippen LogP contribution in [0.15, 0.2) is 36.4 Å². The van der Waals surface area contributed by atoms with Gasteiger partial charge in [0.1, 0.15) is 11.5 Å². The molecule has 0 aliphatic carbocycles. The highest BCUT2D eigenvalue weighted by molar-refractivity contribution is 5.88. The van der Waals surface area contributed by atoms with Gasteiger partial charge in [-0.1, -0.05) is 18.2 Å². The van der Waals surface area contributed by atoms with Crippen LogP contribution < -0.4 is 9.47 Å². The van der Waals surface area contributed by atoms with Gasteiger partial charge in [-0.2, -0.15) is 0 Å². The van der Waals surface area contributed by atoms with Crippen molar-refractivity contribution in [1.82, 2.24) is 0 Å². The monoisotopic (exact) mass is 462 g/mol. The number of ether oxygens (including phenoxy) is 7. The first-order valence-corrected chi connectivity index (χ1v) is 10.3. The predicted octanol–water partition coefficient (Wildman–Crippen LogP) is 2.88. The summed E-state index contributed by atoms with van der Waals surface area (Å²) < 4.78 is 37.1. The molecule has 0 amide bonds. The Morgan fingerprint density at radius 2 is 1.55 bits per heavy atom. The molecular weight excluding hydrogens is 432 g/mol. The summed E-state index contributed by atoms with van der Waals surface area (Å²) in [5, 5.41) is 0. The second-order valence-corrected chi connectivity index (χ2v) is 6.75. The molecule has 0 N–H and O–H groups in total. The first-order chi connectivity index (χ1) is 16.1. The van der Waals surface area contributed by atoms with Crippen molar-refractivity contribution in [2.45, 2.75) is 6.42 Å². The van der Waals surface area contributed by atoms with E-state index in [2.05, 4.69) is 0 Å². The molecule has 2 rings (SSSR count). The van der Waals surface area contributed by atoms with Crippen molar-refractivity contribution >= 4 is 12.3 Å². The van der Waals surface area contributed by atoms with Crippen molar-refractivity contribution in [3.63, 3.8) is 0 Å². The fourth-order valence-electron chi connectivity index (χ4n) is 2.89. The molecule has 2 aromatic carbocycles. The summed E-state index contributed by atoms with van der Waals surface area (Å²) in [6, 6.07) is 10.5. The molecule has 9 heteroatoms. The fourth-order valence-corrected chi connectivity index (χ4v) is 2.89. The third-order valence-electron chi connectivity index (χ3n) is 4.53. The van der Waals surface area contributed by atoms with Crippen molar-refractivity contribution < 1.29 is 42.7 Å². The SMILES string of the molecule is COCCOCOc1ccc(CC(=O)OC)cc1-c1cccc(C=O)c1OCOCCOC. The molecule has 180 valence electrons. The van der Waals surface area contributed by atoms with Crippen LogP contribution in [0.5, 0.6) is 11.5 Å². The number of aldehydes is 1. The minimum atomic E-state index is -0.373. The quantitative estimate of drug-likeness (QED) is 0.161. The molecule has 0 unspecified atom stereocenters. The van der Waals surface area contributed by atoms with Gasteiger partial charge in [0.15, 0.2) is 19.9 Å². The number of benzene rings is 2. The van der Waals surface area contributed by atoms with Crippen molar-refractivity contribution in [3.8, 4) is 22.6 Å². The van der Waals surface area contributed by atoms with Crippen LogP contribution in [0.1, 0.15) is 15.9 Å². The van der Waals surface area contributed by atoms with Crippen LogP contribution in [0.2, 0.25) is 0 Å². The van der Waals surface area contributed by atoms with E-state index in [1.165, 1.54) is 7.11 Å². The predicted molar refractivity (Wildman–Crippen MR) is 120 cm³/mol. The van der Waals surface area contributed by atoms with E-state index in [9.17, 15) is 9.59 Å². The molecule has 0 heterocycles. The number of hydrogen-bond donors (Lipinski definition) is 0. The summed E-state index contributed by atoms with van der Waals surface area (Å²) in [5.41, 5.74) is 2.29. The lowest BCUT2D eigenvalue weighted by molar-refractivity contribution is -0.139. The number of hydrogen-bond acceptors (Lipinski definition) is 9. The number of para-hydroxylation sites is 1. The number of carbonyl (C=O) groups excluding carboxylic acids is 2. The van der Waals surface area contributed by atoms with Gasteiger partial charge in [0.25, 0.3) is 0 Å². The zero-order chi connectivity index (χ0) is 23.9. The minimum absolute atomic E-state index is 0.00357. The van der Waals surface area contributed by atoms with Gasteiger partial charge in [-0.25, -0.2) is 0 Å². The lowest BCUT2D eigenvalue weighted by Gasteiger charge is -2.18. The standard InChI is InChI=1S/C24H30O9/c1-27-9-11-30-16-32-22-8-7-18(14-23(26)29-3)13-21(22)20-6-4-5-19(15-25)24(20)33-17-31-12-10-28-2/h4-8,13,15H,9-12,14,16-17H2,1-3H3. The average Bonchev–Trinajstić information content (AvgIpc) is 2.84. The van der Waals surface area contributed by atoms with Gasteiger partial charge in [-0.3, -0.25) is 9.59 Å². The third-order valence-corrected chi connectivity index (χ3v) is 4.53. The number of rotatable bonds is 16. The molecule has 0 aromatic heterocycles. The maximum absolute atomic E-state index is 11.8. The molecule has 0 atom stereocenters. The van der Waals surface area contributed by atoms with E-state index < -0.39 is 0 Å². The molecular formula is C24H30O9. The summed E-state index contributed by atoms with van der Waals surface area (Å²) >= 11 is 0. The largest absolute Gasteiger partial charge is 0.469 e. The van der Waals surface area contributed by atoms with Crippen LogP contribution >= 0.6 is 0 Å². The molecule has 0 fully saturated rings. The Kier molecular flexibility index (Phi) is 11.9. The Hall–Kier alpha value is -2.98. The van der Waals surface area contributed by atoms with E-state index in [4.69, 9.17) is 33.2 Å². The number of methoxy groups -OCH3 is 3. The Balaban J connectivity index is 2.37. The van der Waals surface area contributed by atoms with Crippen LogP contribution in [0.4, 0.5) is 0 Å². The molecule has 0 aliphatic heterocycles. The van der Waals surface area contributed by atoms with E-state index >= 15 is 0 Å². The maximum Gasteiger partial charge on any atom is 0.309 e. The third kappa shape index (κ3) is 8.47. The van der Waals surface area contributed by atoms with Gasteiger partial charge in [-0.15, -0.1) is 0 Å². The van der Waals surface area contributed by atoms with E-state index in [-0.39, 0.29) is 26.0 Å². The first-order valence-electron chi connectivity index (χ1n) is 10.3. The van der Waals surface area contributed by atoms with E-state index in [1.54, 1.807) is 50.6 Å². The molecule has 0 bridgehead atoms. The molecule has 0 aliphatic rings. The van der Waals surface area contributed by atoms with Gasteiger partial charge in [0.2, 0.25) is 0 Å². The van der Waals surface area contributed by atoms with Crippen LogP contribution in [0, 0.1) is 0 Å². The van der Waals surface area contributed by atoms with Gasteiger partial charge in [0.05, 0.1) is 45.5 Å². The normalized spacial score (nSPS) is 10.6. The highest BCUT2D eigenvalue weighted by Crippen LogP contribution is 2.39. The molecule has 0 spiro atoms. The van der Waals surface area contributed by atoms with E-state index in [0.29, 0.717) is 66.5 Å². The Bertz CT molecular complexity index is 882. The molecule has 9 nitrogen and oxygen atoms in total. The topological polar surface area (TPSA) is 98.8 Å². The van der Waals surface area contributed by atoms with Gasteiger partial charge < -0.3 is 33.2 Å². The molecule has 33 heavy (non-hydrogen) atoms. The maximum atomic E-state index is 11.8. The zero-order valence-corrected chi connectivity index (χ0v) is 19.2. The average molecular weight is 462 g/mol. The lowest BCUT2D eigenvalue weighted by atomic mass is 9.98. The van der Waals surface area contributed by atoms with Gasteiger partial charge >= 0.3 is 5.97 Å². The Morgan fingerprint density at radius 3 is 2.18 bits per heavy atom. The number of carbonyl (C=O) groups is 2. The first kappa shape index (κ1) is 26.3. The summed E-state index contributed by atoms with van der Waals surface area (Å²) in [6.45, 7) is 1.51. The van der Waals surface area contributed by atoms with Crippen LogP contribution in [0.3, 0.4) is 0 Å². The van der Waals surface area contributed by atoms with Crippen LogP contribution in [0.25, 0.3) is 11.1 Å². The van der Waals surface area contributed by atoms with Crippen LogP contribution in [-0.4, -0.2) is 73.6 Å². The second kappa shape index (κ2) is 15.0. The lowest BCUT2D eigenvalue weighted by Crippen LogP contribution is -2.10. The van der Waals surface area contributed by atoms with E-state index in [0.717, 1.165) is 0 Å². The van der Waals surface area contributed by atoms with Gasteiger partial charge in [0, 0.05) is 25.3 Å². The van der Waals surface area contributed by atoms with E-state index in [1.807, 2.05) is 0 Å². The molecule has 2 aromatic rings. The van der Waals surface area contributed by atoms with Crippen molar-refractivity contribution in [3.05, 3.63) is 47.5 Å². The highest BCUT2D eigenvalue weighted by atomic mass is 16.7. The number of esters is 1. The summed E-state index contributed by atoms with van der Waals surface area (Å²) in [4.78, 5) is 23.5. The highest BCUT2D eigenvalue weighted by Gasteiger charge is 2.17. The molecule has 0 saturated carbocycles.